The zero-order valence-electron chi connectivity index (χ0n) is 15.2. The fourth-order valence-electron chi connectivity index (χ4n) is 3.69. The zero-order valence-corrected chi connectivity index (χ0v) is 15.2. The SMILES string of the molecule is CC(c1ccccc1)N(C)C(=O)c1nn(-c2ccccc2)c2c1CCC2. The first-order chi connectivity index (χ1) is 12.7. The minimum Gasteiger partial charge on any atom is -0.334 e. The van der Waals surface area contributed by atoms with E-state index in [2.05, 4.69) is 19.1 Å². The van der Waals surface area contributed by atoms with Crippen LogP contribution in [-0.4, -0.2) is 27.6 Å². The highest BCUT2D eigenvalue weighted by Gasteiger charge is 2.30. The van der Waals surface area contributed by atoms with Gasteiger partial charge in [-0.15, -0.1) is 0 Å². The van der Waals surface area contributed by atoms with E-state index in [1.165, 1.54) is 5.69 Å². The van der Waals surface area contributed by atoms with Crippen molar-refractivity contribution in [1.29, 1.82) is 0 Å². The molecule has 2 aromatic carbocycles. The second-order valence-corrected chi connectivity index (χ2v) is 6.88. The Kier molecular flexibility index (Phi) is 4.33. The topological polar surface area (TPSA) is 38.1 Å². The number of fused-ring (bicyclic) bond motifs is 1. The van der Waals surface area contributed by atoms with Gasteiger partial charge in [-0.1, -0.05) is 48.5 Å². The molecule has 0 radical (unpaired) electrons. The summed E-state index contributed by atoms with van der Waals surface area (Å²) >= 11 is 0. The summed E-state index contributed by atoms with van der Waals surface area (Å²) in [6, 6.07) is 20.2. The van der Waals surface area contributed by atoms with Crippen molar-refractivity contribution in [3.05, 3.63) is 83.2 Å². The highest BCUT2D eigenvalue weighted by molar-refractivity contribution is 5.94. The third-order valence-electron chi connectivity index (χ3n) is 5.32. The van der Waals surface area contributed by atoms with Crippen LogP contribution in [0, 0.1) is 0 Å². The highest BCUT2D eigenvalue weighted by Crippen LogP contribution is 2.30. The van der Waals surface area contributed by atoms with Gasteiger partial charge in [-0.2, -0.15) is 5.10 Å². The van der Waals surface area contributed by atoms with Crippen molar-refractivity contribution in [2.24, 2.45) is 0 Å². The molecular formula is C22H23N3O. The minimum atomic E-state index is -0.00539. The maximum absolute atomic E-state index is 13.2. The van der Waals surface area contributed by atoms with Gasteiger partial charge in [-0.25, -0.2) is 4.68 Å². The van der Waals surface area contributed by atoms with Gasteiger partial charge in [-0.05, 0) is 43.9 Å². The van der Waals surface area contributed by atoms with Crippen molar-refractivity contribution < 1.29 is 4.79 Å². The third kappa shape index (κ3) is 2.81. The maximum atomic E-state index is 13.2. The van der Waals surface area contributed by atoms with Crippen LogP contribution in [0.1, 0.15) is 46.7 Å². The van der Waals surface area contributed by atoms with Gasteiger partial charge >= 0.3 is 0 Å². The molecule has 1 amide bonds. The quantitative estimate of drug-likeness (QED) is 0.711. The fraction of sp³-hybridized carbons (Fsp3) is 0.273. The molecule has 1 unspecified atom stereocenters. The number of para-hydroxylation sites is 1. The van der Waals surface area contributed by atoms with E-state index in [4.69, 9.17) is 5.10 Å². The molecule has 4 rings (SSSR count). The second-order valence-electron chi connectivity index (χ2n) is 6.88. The average Bonchev–Trinajstić information content (AvgIpc) is 3.30. The monoisotopic (exact) mass is 345 g/mol. The number of aromatic nitrogens is 2. The fourth-order valence-corrected chi connectivity index (χ4v) is 3.69. The summed E-state index contributed by atoms with van der Waals surface area (Å²) in [5.74, 6) is -0.00539. The van der Waals surface area contributed by atoms with Crippen LogP contribution in [0.5, 0.6) is 0 Å². The van der Waals surface area contributed by atoms with E-state index < -0.39 is 0 Å². The van der Waals surface area contributed by atoms with Crippen molar-refractivity contribution in [1.82, 2.24) is 14.7 Å². The lowest BCUT2D eigenvalue weighted by atomic mass is 10.1. The summed E-state index contributed by atoms with van der Waals surface area (Å²) in [4.78, 5) is 15.0. The van der Waals surface area contributed by atoms with Crippen molar-refractivity contribution in [3.63, 3.8) is 0 Å². The number of hydrogen-bond donors (Lipinski definition) is 0. The number of carbonyl (C=O) groups is 1. The number of rotatable bonds is 4. The summed E-state index contributed by atoms with van der Waals surface area (Å²) in [6.45, 7) is 2.06. The number of hydrogen-bond acceptors (Lipinski definition) is 2. The van der Waals surface area contributed by atoms with Crippen LogP contribution in [0.3, 0.4) is 0 Å². The summed E-state index contributed by atoms with van der Waals surface area (Å²) in [6.07, 6.45) is 2.98. The Bertz CT molecular complexity index is 915. The Hall–Kier alpha value is -2.88. The molecule has 0 N–H and O–H groups in total. The Morgan fingerprint density at radius 1 is 1.04 bits per heavy atom. The Labute approximate surface area is 154 Å². The van der Waals surface area contributed by atoms with Crippen molar-refractivity contribution in [3.8, 4) is 5.69 Å². The highest BCUT2D eigenvalue weighted by atomic mass is 16.2. The van der Waals surface area contributed by atoms with Crippen molar-refractivity contribution in [2.45, 2.75) is 32.2 Å². The Morgan fingerprint density at radius 2 is 1.69 bits per heavy atom. The molecule has 1 heterocycles. The van der Waals surface area contributed by atoms with Gasteiger partial charge in [0.1, 0.15) is 0 Å². The molecule has 3 aromatic rings. The van der Waals surface area contributed by atoms with E-state index in [1.54, 1.807) is 4.90 Å². The Morgan fingerprint density at radius 3 is 2.38 bits per heavy atom. The van der Waals surface area contributed by atoms with Crippen LogP contribution < -0.4 is 0 Å². The molecule has 0 spiro atoms. The van der Waals surface area contributed by atoms with Crippen LogP contribution in [-0.2, 0) is 12.8 Å². The first-order valence-corrected chi connectivity index (χ1v) is 9.15. The molecule has 0 fully saturated rings. The molecule has 4 nitrogen and oxygen atoms in total. The normalized spacial score (nSPS) is 14.1. The number of amides is 1. The molecule has 132 valence electrons. The predicted octanol–water partition coefficient (Wildman–Crippen LogP) is 4.19. The number of nitrogens with zero attached hydrogens (tertiary/aromatic N) is 3. The first kappa shape index (κ1) is 16.6. The van der Waals surface area contributed by atoms with E-state index >= 15 is 0 Å². The molecule has 0 aliphatic heterocycles. The largest absolute Gasteiger partial charge is 0.334 e. The summed E-state index contributed by atoms with van der Waals surface area (Å²) in [7, 11) is 1.86. The molecule has 1 aromatic heterocycles. The van der Waals surface area contributed by atoms with Crippen molar-refractivity contribution in [2.75, 3.05) is 7.05 Å². The molecule has 0 saturated carbocycles. The predicted molar refractivity (Wildman–Crippen MR) is 103 cm³/mol. The average molecular weight is 345 g/mol. The molecule has 0 bridgehead atoms. The van der Waals surface area contributed by atoms with Crippen LogP contribution in [0.15, 0.2) is 60.7 Å². The van der Waals surface area contributed by atoms with Gasteiger partial charge in [0.15, 0.2) is 5.69 Å². The van der Waals surface area contributed by atoms with E-state index in [0.717, 1.165) is 36.1 Å². The second kappa shape index (κ2) is 6.79. The molecule has 4 heteroatoms. The maximum Gasteiger partial charge on any atom is 0.274 e. The summed E-state index contributed by atoms with van der Waals surface area (Å²) in [5, 5.41) is 4.72. The van der Waals surface area contributed by atoms with Crippen molar-refractivity contribution >= 4 is 5.91 Å². The van der Waals surface area contributed by atoms with Gasteiger partial charge in [0.2, 0.25) is 0 Å². The number of benzene rings is 2. The van der Waals surface area contributed by atoms with Gasteiger partial charge in [0.05, 0.1) is 11.7 Å². The van der Waals surface area contributed by atoms with Gasteiger partial charge in [0.25, 0.3) is 5.91 Å². The van der Waals surface area contributed by atoms with E-state index in [0.29, 0.717) is 5.69 Å². The van der Waals surface area contributed by atoms with Crippen LogP contribution in [0.2, 0.25) is 0 Å². The van der Waals surface area contributed by atoms with Gasteiger partial charge in [-0.3, -0.25) is 4.79 Å². The third-order valence-corrected chi connectivity index (χ3v) is 5.32. The lowest BCUT2D eigenvalue weighted by Crippen LogP contribution is -2.30. The summed E-state index contributed by atoms with van der Waals surface area (Å²) in [5.41, 5.74) is 5.05. The molecule has 1 aliphatic carbocycles. The molecule has 1 atom stereocenters. The molecular weight excluding hydrogens is 322 g/mol. The molecule has 0 saturated heterocycles. The van der Waals surface area contributed by atoms with E-state index in [9.17, 15) is 4.79 Å². The molecule has 1 aliphatic rings. The van der Waals surface area contributed by atoms with Crippen LogP contribution >= 0.6 is 0 Å². The number of carbonyl (C=O) groups excluding carboxylic acids is 1. The van der Waals surface area contributed by atoms with Crippen LogP contribution in [0.4, 0.5) is 0 Å². The lowest BCUT2D eigenvalue weighted by Gasteiger charge is -2.25. The van der Waals surface area contributed by atoms with E-state index in [1.807, 2.05) is 60.3 Å². The lowest BCUT2D eigenvalue weighted by molar-refractivity contribution is 0.0735. The standard InChI is InChI=1S/C22H23N3O/c1-16(17-10-5-3-6-11-17)24(2)22(26)21-19-14-9-15-20(19)25(23-21)18-12-7-4-8-13-18/h3-8,10-13,16H,9,14-15H2,1-2H3. The van der Waals surface area contributed by atoms with Gasteiger partial charge < -0.3 is 4.90 Å². The smallest absolute Gasteiger partial charge is 0.274 e. The zero-order chi connectivity index (χ0) is 18.1. The van der Waals surface area contributed by atoms with Crippen LogP contribution in [0.25, 0.3) is 5.69 Å². The van der Waals surface area contributed by atoms with Gasteiger partial charge in [0, 0.05) is 18.3 Å². The first-order valence-electron chi connectivity index (χ1n) is 9.15. The summed E-state index contributed by atoms with van der Waals surface area (Å²) < 4.78 is 1.95. The minimum absolute atomic E-state index is 0.00243. The molecule has 26 heavy (non-hydrogen) atoms. The Balaban J connectivity index is 1.69. The van der Waals surface area contributed by atoms with E-state index in [-0.39, 0.29) is 11.9 Å².